The molecular weight excluding hydrogens is 522 g/mol. The average Bonchev–Trinajstić information content (AvgIpc) is 2.90. The van der Waals surface area contributed by atoms with Crippen LogP contribution in [-0.2, 0) is 14.9 Å². The van der Waals surface area contributed by atoms with E-state index in [1.54, 1.807) is 0 Å². The van der Waals surface area contributed by atoms with Crippen molar-refractivity contribution in [3.05, 3.63) is 24.3 Å². The summed E-state index contributed by atoms with van der Waals surface area (Å²) in [5.41, 5.74) is 0. The Hall–Kier alpha value is -1.18. The fraction of sp³-hybridized carbons (Fsp3) is 0.848. The molecule has 0 saturated carbocycles. The van der Waals surface area contributed by atoms with Crippen LogP contribution < -0.4 is 5.32 Å². The third-order valence-corrected chi connectivity index (χ3v) is 8.19. The van der Waals surface area contributed by atoms with E-state index < -0.39 is 28.0 Å². The molecule has 0 aromatic heterocycles. The topological polar surface area (TPSA) is 104 Å². The minimum absolute atomic E-state index is 0.259. The van der Waals surface area contributed by atoms with Gasteiger partial charge < -0.3 is 10.4 Å². The summed E-state index contributed by atoms with van der Waals surface area (Å²) in [7, 11) is -4.29. The minimum Gasteiger partial charge on any atom is -0.391 e. The summed E-state index contributed by atoms with van der Waals surface area (Å²) in [6, 6.07) is -0.969. The molecule has 0 heterocycles. The van der Waals surface area contributed by atoms with Crippen LogP contribution in [0.25, 0.3) is 0 Å². The molecule has 3 N–H and O–H groups in total. The molecule has 0 spiro atoms. The van der Waals surface area contributed by atoms with E-state index >= 15 is 0 Å². The van der Waals surface area contributed by atoms with Gasteiger partial charge in [0.05, 0.1) is 17.9 Å². The van der Waals surface area contributed by atoms with Gasteiger partial charge in [0.1, 0.15) is 0 Å². The van der Waals surface area contributed by atoms with Crippen LogP contribution in [0.2, 0.25) is 0 Å². The first-order valence-electron chi connectivity index (χ1n) is 16.5. The molecule has 0 aliphatic carbocycles. The lowest BCUT2D eigenvalue weighted by atomic mass is 10.0. The third-order valence-electron chi connectivity index (χ3n) is 7.41. The zero-order valence-electron chi connectivity index (χ0n) is 26.0. The molecule has 40 heavy (non-hydrogen) atoms. The maximum absolute atomic E-state index is 12.4. The molecular formula is C33H63NO5S. The lowest BCUT2D eigenvalue weighted by molar-refractivity contribution is -0.122. The monoisotopic (exact) mass is 585 g/mol. The number of nitrogens with one attached hydrogen (secondary N) is 1. The highest BCUT2D eigenvalue weighted by Crippen LogP contribution is 2.14. The van der Waals surface area contributed by atoms with Crippen LogP contribution in [0.5, 0.6) is 0 Å². The van der Waals surface area contributed by atoms with Crippen molar-refractivity contribution in [3.63, 3.8) is 0 Å². The fourth-order valence-corrected chi connectivity index (χ4v) is 5.65. The molecule has 0 radical (unpaired) electrons. The molecule has 0 bridgehead atoms. The summed E-state index contributed by atoms with van der Waals surface area (Å²) in [6.07, 6.45) is 32.8. The van der Waals surface area contributed by atoms with Crippen LogP contribution >= 0.6 is 0 Å². The van der Waals surface area contributed by atoms with E-state index in [-0.39, 0.29) is 5.91 Å². The van der Waals surface area contributed by atoms with Crippen LogP contribution in [0.4, 0.5) is 0 Å². The number of aliphatic hydroxyl groups is 1. The van der Waals surface area contributed by atoms with E-state index in [0.717, 1.165) is 57.8 Å². The third kappa shape index (κ3) is 28.4. The Morgan fingerprint density at radius 3 is 1.65 bits per heavy atom. The zero-order valence-corrected chi connectivity index (χ0v) is 26.8. The second-order valence-electron chi connectivity index (χ2n) is 11.4. The largest absolute Gasteiger partial charge is 0.391 e. The van der Waals surface area contributed by atoms with Gasteiger partial charge >= 0.3 is 0 Å². The molecule has 0 aliphatic heterocycles. The number of hydrogen-bond acceptors (Lipinski definition) is 4. The molecule has 6 nitrogen and oxygen atoms in total. The van der Waals surface area contributed by atoms with Crippen molar-refractivity contribution in [2.24, 2.45) is 0 Å². The predicted molar refractivity (Wildman–Crippen MR) is 170 cm³/mol. The van der Waals surface area contributed by atoms with Gasteiger partial charge in [-0.15, -0.1) is 0 Å². The molecule has 0 saturated heterocycles. The van der Waals surface area contributed by atoms with E-state index in [4.69, 9.17) is 0 Å². The van der Waals surface area contributed by atoms with E-state index in [0.29, 0.717) is 12.8 Å². The van der Waals surface area contributed by atoms with Crippen molar-refractivity contribution >= 4 is 16.0 Å². The number of carbonyl (C=O) groups excluding carboxylic acids is 1. The maximum Gasteiger partial charge on any atom is 0.266 e. The highest BCUT2D eigenvalue weighted by molar-refractivity contribution is 7.85. The molecule has 236 valence electrons. The van der Waals surface area contributed by atoms with Gasteiger partial charge in [-0.25, -0.2) is 0 Å². The van der Waals surface area contributed by atoms with Gasteiger partial charge in [0.2, 0.25) is 5.91 Å². The van der Waals surface area contributed by atoms with E-state index in [9.17, 15) is 22.9 Å². The summed E-state index contributed by atoms with van der Waals surface area (Å²) >= 11 is 0. The van der Waals surface area contributed by atoms with Crippen LogP contribution in [-0.4, -0.2) is 41.9 Å². The first-order valence-corrected chi connectivity index (χ1v) is 18.1. The summed E-state index contributed by atoms with van der Waals surface area (Å²) in [6.45, 7) is 4.42. The van der Waals surface area contributed by atoms with Crippen molar-refractivity contribution in [1.29, 1.82) is 0 Å². The summed E-state index contributed by atoms with van der Waals surface area (Å²) < 4.78 is 32.1. The molecule has 2 unspecified atom stereocenters. The van der Waals surface area contributed by atoms with Gasteiger partial charge in [-0.1, -0.05) is 134 Å². The molecule has 7 heteroatoms. The van der Waals surface area contributed by atoms with Crippen molar-refractivity contribution < 1.29 is 22.9 Å². The minimum atomic E-state index is -4.29. The van der Waals surface area contributed by atoms with Crippen molar-refractivity contribution in [1.82, 2.24) is 5.32 Å². The predicted octanol–water partition coefficient (Wildman–Crippen LogP) is 8.84. The lowest BCUT2D eigenvalue weighted by Gasteiger charge is -2.23. The lowest BCUT2D eigenvalue weighted by Crippen LogP contribution is -2.47. The number of aliphatic hydroxyl groups excluding tert-OH is 1. The smallest absolute Gasteiger partial charge is 0.266 e. The second kappa shape index (κ2) is 28.0. The van der Waals surface area contributed by atoms with Crippen LogP contribution in [0.15, 0.2) is 24.3 Å². The quantitative estimate of drug-likeness (QED) is 0.0462. The molecule has 0 rings (SSSR count). The number of rotatable bonds is 29. The number of allylic oxidation sites excluding steroid dienone is 4. The highest BCUT2D eigenvalue weighted by Gasteiger charge is 2.26. The van der Waals surface area contributed by atoms with Gasteiger partial charge in [0, 0.05) is 6.42 Å². The SMILES string of the molecule is CCCCCC/C=C\C/C=C\CCCCCCCCCC(=O)NC(CS(=O)(=O)O)C(O)CCCCCCCCC. The van der Waals surface area contributed by atoms with E-state index in [1.807, 2.05) is 0 Å². The summed E-state index contributed by atoms with van der Waals surface area (Å²) in [4.78, 5) is 12.4. The molecule has 0 fully saturated rings. The molecule has 2 atom stereocenters. The Morgan fingerprint density at radius 2 is 1.12 bits per heavy atom. The van der Waals surface area contributed by atoms with E-state index in [2.05, 4.69) is 43.5 Å². The van der Waals surface area contributed by atoms with E-state index in [1.165, 1.54) is 77.0 Å². The molecule has 0 aromatic rings. The Balaban J connectivity index is 3.90. The number of amides is 1. The van der Waals surface area contributed by atoms with Gasteiger partial charge in [-0.2, -0.15) is 8.42 Å². The maximum atomic E-state index is 12.4. The van der Waals surface area contributed by atoms with Crippen molar-refractivity contribution in [3.8, 4) is 0 Å². The van der Waals surface area contributed by atoms with Crippen LogP contribution in [0, 0.1) is 0 Å². The van der Waals surface area contributed by atoms with Crippen LogP contribution in [0.1, 0.15) is 162 Å². The van der Waals surface area contributed by atoms with Gasteiger partial charge in [0.15, 0.2) is 0 Å². The van der Waals surface area contributed by atoms with Gasteiger partial charge in [-0.3, -0.25) is 9.35 Å². The summed E-state index contributed by atoms with van der Waals surface area (Å²) in [5.74, 6) is -0.910. The Labute approximate surface area is 247 Å². The van der Waals surface area contributed by atoms with Crippen LogP contribution in [0.3, 0.4) is 0 Å². The van der Waals surface area contributed by atoms with Gasteiger partial charge in [-0.05, 0) is 44.9 Å². The average molecular weight is 586 g/mol. The van der Waals surface area contributed by atoms with Crippen molar-refractivity contribution in [2.45, 2.75) is 174 Å². The van der Waals surface area contributed by atoms with Gasteiger partial charge in [0.25, 0.3) is 10.1 Å². The first kappa shape index (κ1) is 38.8. The molecule has 0 aliphatic rings. The second-order valence-corrected chi connectivity index (χ2v) is 12.9. The standard InChI is InChI=1S/C33H63NO5S/c1-3-5-7-9-11-12-13-14-15-16-17-18-19-20-21-23-25-27-29-33(36)34-31(30-40(37,38)39)32(35)28-26-24-22-10-8-6-4-2/h12-13,15-16,31-32,35H,3-11,14,17-30H2,1-2H3,(H,34,36)(H,37,38,39)/b13-12-,16-15-. The Kier molecular flexibility index (Phi) is 27.1. The normalized spacial score (nSPS) is 13.8. The van der Waals surface area contributed by atoms with Crippen molar-refractivity contribution in [2.75, 3.05) is 5.75 Å². The first-order chi connectivity index (χ1) is 19.3. The number of unbranched alkanes of at least 4 members (excludes halogenated alkanes) is 17. The Bertz CT molecular complexity index is 735. The molecule has 1 amide bonds. The molecule has 0 aromatic carbocycles. The zero-order chi connectivity index (χ0) is 29.7. The number of hydrogen-bond donors (Lipinski definition) is 3. The Morgan fingerprint density at radius 1 is 0.675 bits per heavy atom. The highest BCUT2D eigenvalue weighted by atomic mass is 32.2. The fourth-order valence-electron chi connectivity index (χ4n) is 4.89. The number of carbonyl (C=O) groups is 1. The summed E-state index contributed by atoms with van der Waals surface area (Å²) in [5, 5.41) is 13.2.